The van der Waals surface area contributed by atoms with E-state index in [-0.39, 0.29) is 5.91 Å². The number of carbonyl (C=O) groups is 1. The summed E-state index contributed by atoms with van der Waals surface area (Å²) in [6, 6.07) is 8.04. The second kappa shape index (κ2) is 6.36. The molecule has 19 heavy (non-hydrogen) atoms. The first-order chi connectivity index (χ1) is 9.16. The number of carbonyl (C=O) groups excluding carboxylic acids is 1. The third kappa shape index (κ3) is 3.81. The monoisotopic (exact) mass is 259 g/mol. The summed E-state index contributed by atoms with van der Waals surface area (Å²) in [4.78, 5) is 11.7. The van der Waals surface area contributed by atoms with Gasteiger partial charge in [-0.05, 0) is 18.4 Å². The molecule has 1 aromatic carbocycles. The lowest BCUT2D eigenvalue weighted by Gasteiger charge is -2.07. The van der Waals surface area contributed by atoms with E-state index in [1.165, 1.54) is 0 Å². The minimum absolute atomic E-state index is 0.0974. The Labute approximate surface area is 113 Å². The maximum absolute atomic E-state index is 11.7. The summed E-state index contributed by atoms with van der Waals surface area (Å²) in [5, 5.41) is 8.37. The van der Waals surface area contributed by atoms with Crippen LogP contribution in [-0.2, 0) is 11.3 Å². The Morgan fingerprint density at radius 1 is 1.37 bits per heavy atom. The SMILES string of the molecule is CC(C)CCNC(=O)CCn1ncc2ccccc21. The van der Waals surface area contributed by atoms with Crippen molar-refractivity contribution < 1.29 is 4.79 Å². The smallest absolute Gasteiger partial charge is 0.221 e. The number of para-hydroxylation sites is 1. The van der Waals surface area contributed by atoms with Crippen LogP contribution in [-0.4, -0.2) is 22.2 Å². The first kappa shape index (κ1) is 13.6. The molecule has 0 radical (unpaired) electrons. The van der Waals surface area contributed by atoms with Crippen LogP contribution in [0.2, 0.25) is 0 Å². The van der Waals surface area contributed by atoms with Crippen molar-refractivity contribution in [2.45, 2.75) is 33.2 Å². The van der Waals surface area contributed by atoms with Crippen LogP contribution in [0.15, 0.2) is 30.5 Å². The fraction of sp³-hybridized carbons (Fsp3) is 0.467. The number of rotatable bonds is 6. The number of fused-ring (bicyclic) bond motifs is 1. The molecule has 1 amide bonds. The minimum atomic E-state index is 0.0974. The van der Waals surface area contributed by atoms with Crippen LogP contribution in [0.25, 0.3) is 10.9 Å². The number of benzene rings is 1. The van der Waals surface area contributed by atoms with Gasteiger partial charge in [0.05, 0.1) is 18.3 Å². The van der Waals surface area contributed by atoms with Gasteiger partial charge in [-0.25, -0.2) is 0 Å². The molecule has 4 heteroatoms. The second-order valence-electron chi connectivity index (χ2n) is 5.21. The van der Waals surface area contributed by atoms with E-state index >= 15 is 0 Å². The van der Waals surface area contributed by atoms with Crippen molar-refractivity contribution >= 4 is 16.8 Å². The van der Waals surface area contributed by atoms with E-state index in [2.05, 4.69) is 24.3 Å². The van der Waals surface area contributed by atoms with Gasteiger partial charge in [0.15, 0.2) is 0 Å². The second-order valence-corrected chi connectivity index (χ2v) is 5.21. The Morgan fingerprint density at radius 3 is 2.95 bits per heavy atom. The number of hydrogen-bond acceptors (Lipinski definition) is 2. The fourth-order valence-electron chi connectivity index (χ4n) is 2.00. The Hall–Kier alpha value is -1.84. The fourth-order valence-corrected chi connectivity index (χ4v) is 2.00. The molecule has 0 fully saturated rings. The van der Waals surface area contributed by atoms with Crippen molar-refractivity contribution in [3.05, 3.63) is 30.5 Å². The third-order valence-electron chi connectivity index (χ3n) is 3.15. The zero-order valence-electron chi connectivity index (χ0n) is 11.6. The molecule has 0 saturated heterocycles. The Kier molecular flexibility index (Phi) is 4.55. The lowest BCUT2D eigenvalue weighted by atomic mass is 10.1. The lowest BCUT2D eigenvalue weighted by molar-refractivity contribution is -0.121. The molecule has 1 N–H and O–H groups in total. The van der Waals surface area contributed by atoms with Crippen molar-refractivity contribution in [2.24, 2.45) is 5.92 Å². The van der Waals surface area contributed by atoms with E-state index in [9.17, 15) is 4.79 Å². The molecule has 2 rings (SSSR count). The van der Waals surface area contributed by atoms with Crippen LogP contribution < -0.4 is 5.32 Å². The molecule has 102 valence electrons. The van der Waals surface area contributed by atoms with Gasteiger partial charge in [0.2, 0.25) is 5.91 Å². The number of nitrogens with zero attached hydrogens (tertiary/aromatic N) is 2. The molecule has 0 spiro atoms. The summed E-state index contributed by atoms with van der Waals surface area (Å²) in [6.07, 6.45) is 3.34. The van der Waals surface area contributed by atoms with Gasteiger partial charge < -0.3 is 5.32 Å². The van der Waals surface area contributed by atoms with Crippen LogP contribution in [0.3, 0.4) is 0 Å². The van der Waals surface area contributed by atoms with E-state index in [4.69, 9.17) is 0 Å². The highest BCUT2D eigenvalue weighted by atomic mass is 16.1. The molecule has 0 aliphatic carbocycles. The molecule has 0 aliphatic rings. The predicted octanol–water partition coefficient (Wildman–Crippen LogP) is 2.59. The molecule has 4 nitrogen and oxygen atoms in total. The summed E-state index contributed by atoms with van der Waals surface area (Å²) < 4.78 is 1.89. The van der Waals surface area contributed by atoms with Gasteiger partial charge >= 0.3 is 0 Å². The predicted molar refractivity (Wildman–Crippen MR) is 76.8 cm³/mol. The molecule has 1 heterocycles. The molecule has 0 atom stereocenters. The summed E-state index contributed by atoms with van der Waals surface area (Å²) in [5.74, 6) is 0.718. The summed E-state index contributed by atoms with van der Waals surface area (Å²) in [6.45, 7) is 5.70. The number of aromatic nitrogens is 2. The van der Waals surface area contributed by atoms with E-state index in [0.29, 0.717) is 18.9 Å². The van der Waals surface area contributed by atoms with Crippen molar-refractivity contribution in [3.8, 4) is 0 Å². The van der Waals surface area contributed by atoms with Gasteiger partial charge in [-0.3, -0.25) is 9.48 Å². The van der Waals surface area contributed by atoms with E-state index in [0.717, 1.165) is 23.9 Å². The van der Waals surface area contributed by atoms with Crippen LogP contribution in [0, 0.1) is 5.92 Å². The zero-order chi connectivity index (χ0) is 13.7. The van der Waals surface area contributed by atoms with Gasteiger partial charge in [-0.2, -0.15) is 5.10 Å². The summed E-state index contributed by atoms with van der Waals surface area (Å²) in [5.41, 5.74) is 1.08. The molecule has 2 aromatic rings. The number of hydrogen-bond donors (Lipinski definition) is 1. The average molecular weight is 259 g/mol. The highest BCUT2D eigenvalue weighted by Crippen LogP contribution is 2.12. The topological polar surface area (TPSA) is 46.9 Å². The van der Waals surface area contributed by atoms with E-state index < -0.39 is 0 Å². The van der Waals surface area contributed by atoms with Gasteiger partial charge in [-0.1, -0.05) is 32.0 Å². The normalized spacial score (nSPS) is 11.1. The quantitative estimate of drug-likeness (QED) is 0.866. The molecule has 0 bridgehead atoms. The van der Waals surface area contributed by atoms with Gasteiger partial charge in [0.25, 0.3) is 0 Å². The van der Waals surface area contributed by atoms with Crippen LogP contribution >= 0.6 is 0 Å². The summed E-state index contributed by atoms with van der Waals surface area (Å²) >= 11 is 0. The molecule has 1 aromatic heterocycles. The van der Waals surface area contributed by atoms with Crippen molar-refractivity contribution in [2.75, 3.05) is 6.54 Å². The largest absolute Gasteiger partial charge is 0.356 e. The van der Waals surface area contributed by atoms with Gasteiger partial charge in [0, 0.05) is 18.4 Å². The minimum Gasteiger partial charge on any atom is -0.356 e. The molecule has 0 aliphatic heterocycles. The van der Waals surface area contributed by atoms with Crippen molar-refractivity contribution in [1.82, 2.24) is 15.1 Å². The first-order valence-corrected chi connectivity index (χ1v) is 6.84. The molecule has 0 saturated carbocycles. The molecular weight excluding hydrogens is 238 g/mol. The third-order valence-corrected chi connectivity index (χ3v) is 3.15. The molecular formula is C15H21N3O. The van der Waals surface area contributed by atoms with Crippen LogP contribution in [0.1, 0.15) is 26.7 Å². The molecule has 0 unspecified atom stereocenters. The maximum Gasteiger partial charge on any atom is 0.221 e. The number of amides is 1. The highest BCUT2D eigenvalue weighted by molar-refractivity contribution is 5.79. The number of aryl methyl sites for hydroxylation is 1. The van der Waals surface area contributed by atoms with Crippen molar-refractivity contribution in [1.29, 1.82) is 0 Å². The van der Waals surface area contributed by atoms with E-state index in [1.807, 2.05) is 35.1 Å². The average Bonchev–Trinajstić information content (AvgIpc) is 2.79. The van der Waals surface area contributed by atoms with Gasteiger partial charge in [0.1, 0.15) is 0 Å². The Bertz CT molecular complexity index is 545. The first-order valence-electron chi connectivity index (χ1n) is 6.84. The zero-order valence-corrected chi connectivity index (χ0v) is 11.6. The maximum atomic E-state index is 11.7. The summed E-state index contributed by atoms with van der Waals surface area (Å²) in [7, 11) is 0. The van der Waals surface area contributed by atoms with Gasteiger partial charge in [-0.15, -0.1) is 0 Å². The van der Waals surface area contributed by atoms with Crippen LogP contribution in [0.4, 0.5) is 0 Å². The standard InChI is InChI=1S/C15H21N3O/c1-12(2)7-9-16-15(19)8-10-18-14-6-4-3-5-13(14)11-17-18/h3-6,11-12H,7-10H2,1-2H3,(H,16,19). The Morgan fingerprint density at radius 2 is 2.16 bits per heavy atom. The van der Waals surface area contributed by atoms with Crippen LogP contribution in [0.5, 0.6) is 0 Å². The van der Waals surface area contributed by atoms with E-state index in [1.54, 1.807) is 0 Å². The Balaban J connectivity index is 1.83. The number of nitrogens with one attached hydrogen (secondary N) is 1. The lowest BCUT2D eigenvalue weighted by Crippen LogP contribution is -2.26. The van der Waals surface area contributed by atoms with Crippen molar-refractivity contribution in [3.63, 3.8) is 0 Å². The highest BCUT2D eigenvalue weighted by Gasteiger charge is 2.05.